The normalized spacial score (nSPS) is 11.7. The zero-order chi connectivity index (χ0) is 32.3. The van der Waals surface area contributed by atoms with E-state index >= 15 is 0 Å². The molecule has 0 saturated heterocycles. The summed E-state index contributed by atoms with van der Waals surface area (Å²) in [7, 11) is 0. The van der Waals surface area contributed by atoms with Crippen LogP contribution in [0, 0.1) is 0 Å². The van der Waals surface area contributed by atoms with E-state index in [1.807, 2.05) is 12.1 Å². The van der Waals surface area contributed by atoms with Gasteiger partial charge in [0.05, 0.1) is 0 Å². The Morgan fingerprint density at radius 3 is 1.51 bits per heavy atom. The maximum Gasteiger partial charge on any atom is 0.164 e. The molecule has 0 aliphatic carbocycles. The first-order valence-electron chi connectivity index (χ1n) is 16.4. The third kappa shape index (κ3) is 4.73. The van der Waals surface area contributed by atoms with E-state index in [2.05, 4.69) is 152 Å². The Morgan fingerprint density at radius 1 is 0.306 bits per heavy atom. The van der Waals surface area contributed by atoms with Gasteiger partial charge in [-0.15, -0.1) is 0 Å². The van der Waals surface area contributed by atoms with Crippen LogP contribution in [0.4, 0.5) is 0 Å². The fraction of sp³-hybridized carbons (Fsp3) is 0. The van der Waals surface area contributed by atoms with Gasteiger partial charge in [0, 0.05) is 27.5 Å². The molecule has 0 aliphatic rings. The number of hydrogen-bond acceptors (Lipinski definition) is 4. The van der Waals surface area contributed by atoms with Gasteiger partial charge in [0.2, 0.25) is 0 Å². The van der Waals surface area contributed by atoms with Crippen LogP contribution >= 0.6 is 0 Å². The number of para-hydroxylation sites is 1. The lowest BCUT2D eigenvalue weighted by Crippen LogP contribution is -2.01. The molecule has 4 nitrogen and oxygen atoms in total. The minimum atomic E-state index is 0.634. The first-order chi connectivity index (χ1) is 24.2. The standard InChI is InChI=1S/C45H27N3O/c1-3-11-30-23-34(19-17-28(30)9-1)43-46-44(35-20-18-29-10-2-4-12-31(29)24-35)48-45(47-43)40-27-36(25-33-13-5-6-14-37(33)40)32-21-22-42-39(26-32)38-15-7-8-16-41(38)49-42/h1-27H. The second-order valence-corrected chi connectivity index (χ2v) is 12.5. The number of hydrogen-bond donors (Lipinski definition) is 0. The van der Waals surface area contributed by atoms with Crippen LogP contribution in [0.15, 0.2) is 168 Å². The molecule has 0 amide bonds. The Kier molecular flexibility index (Phi) is 6.15. The number of nitrogens with zero attached hydrogens (tertiary/aromatic N) is 3. The third-order valence-electron chi connectivity index (χ3n) is 9.46. The topological polar surface area (TPSA) is 51.8 Å². The van der Waals surface area contributed by atoms with Crippen LogP contribution in [0.1, 0.15) is 0 Å². The van der Waals surface area contributed by atoms with Crippen molar-refractivity contribution >= 4 is 54.3 Å². The molecule has 0 spiro atoms. The second kappa shape index (κ2) is 11.0. The molecule has 0 fully saturated rings. The first-order valence-corrected chi connectivity index (χ1v) is 16.4. The molecule has 0 saturated carbocycles. The van der Waals surface area contributed by atoms with Gasteiger partial charge in [-0.05, 0) is 85.9 Å². The lowest BCUT2D eigenvalue weighted by Gasteiger charge is -2.13. The Labute approximate surface area is 282 Å². The lowest BCUT2D eigenvalue weighted by molar-refractivity contribution is 0.669. The molecule has 2 heterocycles. The van der Waals surface area contributed by atoms with Gasteiger partial charge in [-0.1, -0.05) is 121 Å². The van der Waals surface area contributed by atoms with E-state index in [1.54, 1.807) is 0 Å². The van der Waals surface area contributed by atoms with Gasteiger partial charge < -0.3 is 4.42 Å². The van der Waals surface area contributed by atoms with E-state index in [0.29, 0.717) is 17.5 Å². The first kappa shape index (κ1) is 27.5. The summed E-state index contributed by atoms with van der Waals surface area (Å²) in [6, 6.07) is 57.1. The number of rotatable bonds is 4. The zero-order valence-electron chi connectivity index (χ0n) is 26.3. The summed E-state index contributed by atoms with van der Waals surface area (Å²) < 4.78 is 6.14. The molecule has 0 bridgehead atoms. The van der Waals surface area contributed by atoms with Crippen LogP contribution in [-0.4, -0.2) is 15.0 Å². The smallest absolute Gasteiger partial charge is 0.164 e. The molecular weight excluding hydrogens is 599 g/mol. The van der Waals surface area contributed by atoms with Crippen molar-refractivity contribution in [3.63, 3.8) is 0 Å². The van der Waals surface area contributed by atoms with Crippen molar-refractivity contribution in [2.45, 2.75) is 0 Å². The number of benzene rings is 8. The Hall–Kier alpha value is -6.65. The van der Waals surface area contributed by atoms with Gasteiger partial charge in [-0.25, -0.2) is 15.0 Å². The number of aromatic nitrogens is 3. The van der Waals surface area contributed by atoms with Crippen LogP contribution < -0.4 is 0 Å². The van der Waals surface area contributed by atoms with E-state index in [9.17, 15) is 0 Å². The summed E-state index contributed by atoms with van der Waals surface area (Å²) in [4.78, 5) is 15.5. The van der Waals surface area contributed by atoms with E-state index in [0.717, 1.165) is 71.3 Å². The van der Waals surface area contributed by atoms with Crippen molar-refractivity contribution in [2.75, 3.05) is 0 Å². The van der Waals surface area contributed by atoms with Crippen LogP contribution in [0.2, 0.25) is 0 Å². The molecule has 228 valence electrons. The molecule has 8 aromatic carbocycles. The average Bonchev–Trinajstić information content (AvgIpc) is 3.55. The molecule has 0 radical (unpaired) electrons. The van der Waals surface area contributed by atoms with Crippen LogP contribution in [-0.2, 0) is 0 Å². The van der Waals surface area contributed by atoms with Crippen molar-refractivity contribution < 1.29 is 4.42 Å². The maximum absolute atomic E-state index is 6.14. The van der Waals surface area contributed by atoms with E-state index in [4.69, 9.17) is 19.4 Å². The van der Waals surface area contributed by atoms with Gasteiger partial charge in [-0.2, -0.15) is 0 Å². The van der Waals surface area contributed by atoms with Crippen LogP contribution in [0.5, 0.6) is 0 Å². The highest BCUT2D eigenvalue weighted by Crippen LogP contribution is 2.37. The largest absolute Gasteiger partial charge is 0.456 e. The van der Waals surface area contributed by atoms with Crippen molar-refractivity contribution in [2.24, 2.45) is 0 Å². The molecule has 49 heavy (non-hydrogen) atoms. The fourth-order valence-corrected chi connectivity index (χ4v) is 6.98. The summed E-state index contributed by atoms with van der Waals surface area (Å²) in [6.45, 7) is 0. The SMILES string of the molecule is c1ccc2cc(-c3nc(-c4ccc5ccccc5c4)nc(-c4cc(-c5ccc6oc7ccccc7c6c5)cc5ccccc45)n3)ccc2c1. The summed E-state index contributed by atoms with van der Waals surface area (Å²) in [5.74, 6) is 1.91. The molecule has 0 atom stereocenters. The van der Waals surface area contributed by atoms with Gasteiger partial charge >= 0.3 is 0 Å². The zero-order valence-corrected chi connectivity index (χ0v) is 26.3. The quantitative estimate of drug-likeness (QED) is 0.195. The lowest BCUT2D eigenvalue weighted by atomic mass is 9.95. The van der Waals surface area contributed by atoms with Crippen molar-refractivity contribution in [3.05, 3.63) is 164 Å². The van der Waals surface area contributed by atoms with Crippen molar-refractivity contribution in [1.82, 2.24) is 15.0 Å². The summed E-state index contributed by atoms with van der Waals surface area (Å²) >= 11 is 0. The van der Waals surface area contributed by atoms with Crippen LogP contribution in [0.3, 0.4) is 0 Å². The van der Waals surface area contributed by atoms with Gasteiger partial charge in [0.25, 0.3) is 0 Å². The predicted octanol–water partition coefficient (Wildman–Crippen LogP) is 11.9. The molecule has 0 unspecified atom stereocenters. The van der Waals surface area contributed by atoms with Crippen molar-refractivity contribution in [3.8, 4) is 45.3 Å². The summed E-state index contributed by atoms with van der Waals surface area (Å²) in [5.41, 5.74) is 6.80. The monoisotopic (exact) mass is 625 g/mol. The molecule has 10 aromatic rings. The van der Waals surface area contributed by atoms with Crippen LogP contribution in [0.25, 0.3) is 99.5 Å². The molecule has 4 heteroatoms. The highest BCUT2D eigenvalue weighted by Gasteiger charge is 2.17. The third-order valence-corrected chi connectivity index (χ3v) is 9.46. The number of fused-ring (bicyclic) bond motifs is 6. The highest BCUT2D eigenvalue weighted by atomic mass is 16.3. The minimum Gasteiger partial charge on any atom is -0.456 e. The maximum atomic E-state index is 6.14. The summed E-state index contributed by atoms with van der Waals surface area (Å²) in [6.07, 6.45) is 0. The van der Waals surface area contributed by atoms with Gasteiger partial charge in [-0.3, -0.25) is 0 Å². The summed E-state index contributed by atoms with van der Waals surface area (Å²) in [5, 5.41) is 9.05. The fourth-order valence-electron chi connectivity index (χ4n) is 6.98. The molecule has 0 N–H and O–H groups in total. The second-order valence-electron chi connectivity index (χ2n) is 12.5. The van der Waals surface area contributed by atoms with Gasteiger partial charge in [0.15, 0.2) is 17.5 Å². The Balaban J connectivity index is 1.21. The van der Waals surface area contributed by atoms with E-state index in [1.165, 1.54) is 10.8 Å². The van der Waals surface area contributed by atoms with E-state index < -0.39 is 0 Å². The Bertz CT molecular complexity index is 2810. The molecule has 0 aliphatic heterocycles. The van der Waals surface area contributed by atoms with Gasteiger partial charge in [0.1, 0.15) is 11.2 Å². The Morgan fingerprint density at radius 2 is 0.816 bits per heavy atom. The highest BCUT2D eigenvalue weighted by molar-refractivity contribution is 6.07. The number of furan rings is 1. The van der Waals surface area contributed by atoms with E-state index in [-0.39, 0.29) is 0 Å². The molecule has 10 rings (SSSR count). The molecule has 2 aromatic heterocycles. The minimum absolute atomic E-state index is 0.634. The van der Waals surface area contributed by atoms with Crippen molar-refractivity contribution in [1.29, 1.82) is 0 Å². The average molecular weight is 626 g/mol. The molecular formula is C45H27N3O. The predicted molar refractivity (Wildman–Crippen MR) is 201 cm³/mol.